The van der Waals surface area contributed by atoms with E-state index >= 15 is 0 Å². The lowest BCUT2D eigenvalue weighted by atomic mass is 10.1. The van der Waals surface area contributed by atoms with Crippen molar-refractivity contribution in [1.29, 1.82) is 0 Å². The van der Waals surface area contributed by atoms with E-state index in [4.69, 9.17) is 4.74 Å². The van der Waals surface area contributed by atoms with Crippen molar-refractivity contribution in [2.75, 3.05) is 19.7 Å². The summed E-state index contributed by atoms with van der Waals surface area (Å²) in [5.41, 5.74) is 2.05. The van der Waals surface area contributed by atoms with Crippen LogP contribution in [0.1, 0.15) is 27.6 Å². The average molecular weight is 409 g/mol. The molecule has 0 aliphatic rings. The first-order valence-electron chi connectivity index (χ1n) is 9.96. The monoisotopic (exact) mass is 409 g/mol. The van der Waals surface area contributed by atoms with Crippen LogP contribution in [-0.4, -0.2) is 53.4 Å². The molecule has 0 aliphatic carbocycles. The number of aliphatic hydroxyl groups excluding tert-OH is 1. The van der Waals surface area contributed by atoms with Gasteiger partial charge in [-0.2, -0.15) is 0 Å². The summed E-state index contributed by atoms with van der Waals surface area (Å²) in [5.74, 6) is -0.512. The van der Waals surface area contributed by atoms with E-state index in [1.165, 1.54) is 0 Å². The Bertz CT molecular complexity index is 1000. The van der Waals surface area contributed by atoms with Gasteiger partial charge in [0.2, 0.25) is 0 Å². The second-order valence-electron chi connectivity index (χ2n) is 7.02. The standard InChI is InChI=1S/C23H27N3O4/c1-3-30-21(20(27)13-24-22(28)16-9-5-4-6-10-16)14-25-23(29)18-15-26(2)19-12-8-7-11-17(18)19/h4-12,15,20-21,27H,3,13-14H2,1-2H3,(H,24,28)(H,25,29)/t20-,21+/m0/s1. The Labute approximate surface area is 175 Å². The van der Waals surface area contributed by atoms with Crippen LogP contribution in [0.2, 0.25) is 0 Å². The first kappa shape index (κ1) is 21.5. The number of hydrogen-bond acceptors (Lipinski definition) is 4. The molecule has 0 bridgehead atoms. The number of rotatable bonds is 9. The molecule has 3 N–H and O–H groups in total. The highest BCUT2D eigenvalue weighted by molar-refractivity contribution is 6.07. The highest BCUT2D eigenvalue weighted by Crippen LogP contribution is 2.20. The van der Waals surface area contributed by atoms with Crippen LogP contribution in [-0.2, 0) is 11.8 Å². The molecular formula is C23H27N3O4. The number of aromatic nitrogens is 1. The number of nitrogens with zero attached hydrogens (tertiary/aromatic N) is 1. The topological polar surface area (TPSA) is 92.6 Å². The fourth-order valence-electron chi connectivity index (χ4n) is 3.35. The molecule has 0 fully saturated rings. The van der Waals surface area contributed by atoms with Crippen LogP contribution in [0.15, 0.2) is 60.8 Å². The quantitative estimate of drug-likeness (QED) is 0.505. The molecule has 0 radical (unpaired) electrons. The first-order valence-corrected chi connectivity index (χ1v) is 9.96. The Morgan fingerprint density at radius 3 is 2.40 bits per heavy atom. The third kappa shape index (κ3) is 5.06. The summed E-state index contributed by atoms with van der Waals surface area (Å²) in [5, 5.41) is 16.9. The lowest BCUT2D eigenvalue weighted by Crippen LogP contribution is -2.46. The number of ether oxygens (including phenoxy) is 1. The minimum absolute atomic E-state index is 0.0164. The Hall–Kier alpha value is -3.16. The Morgan fingerprint density at radius 2 is 1.67 bits per heavy atom. The van der Waals surface area contributed by atoms with E-state index in [1.807, 2.05) is 48.9 Å². The van der Waals surface area contributed by atoms with Crippen LogP contribution < -0.4 is 10.6 Å². The van der Waals surface area contributed by atoms with Crippen LogP contribution in [0.3, 0.4) is 0 Å². The predicted octanol–water partition coefficient (Wildman–Crippen LogP) is 2.10. The molecule has 158 valence electrons. The zero-order valence-corrected chi connectivity index (χ0v) is 17.2. The van der Waals surface area contributed by atoms with Crippen LogP contribution in [0.25, 0.3) is 10.9 Å². The van der Waals surface area contributed by atoms with Crippen molar-refractivity contribution >= 4 is 22.7 Å². The lowest BCUT2D eigenvalue weighted by molar-refractivity contribution is -0.0287. The van der Waals surface area contributed by atoms with Crippen molar-refractivity contribution in [2.24, 2.45) is 7.05 Å². The van der Waals surface area contributed by atoms with Crippen molar-refractivity contribution in [2.45, 2.75) is 19.1 Å². The van der Waals surface area contributed by atoms with Gasteiger partial charge in [-0.15, -0.1) is 0 Å². The van der Waals surface area contributed by atoms with E-state index in [-0.39, 0.29) is 24.9 Å². The molecule has 7 nitrogen and oxygen atoms in total. The summed E-state index contributed by atoms with van der Waals surface area (Å²) in [7, 11) is 1.89. The lowest BCUT2D eigenvalue weighted by Gasteiger charge is -2.23. The molecule has 7 heteroatoms. The van der Waals surface area contributed by atoms with Gasteiger partial charge < -0.3 is 25.0 Å². The molecule has 1 aromatic heterocycles. The van der Waals surface area contributed by atoms with Gasteiger partial charge in [0.15, 0.2) is 0 Å². The fraction of sp³-hybridized carbons (Fsp3) is 0.304. The van der Waals surface area contributed by atoms with Gasteiger partial charge in [-0.3, -0.25) is 9.59 Å². The summed E-state index contributed by atoms with van der Waals surface area (Å²) in [6, 6.07) is 16.4. The number of carbonyl (C=O) groups excluding carboxylic acids is 2. The second-order valence-corrected chi connectivity index (χ2v) is 7.02. The number of carbonyl (C=O) groups is 2. The molecule has 2 amide bonds. The van der Waals surface area contributed by atoms with Gasteiger partial charge in [-0.1, -0.05) is 36.4 Å². The zero-order chi connectivity index (χ0) is 21.5. The molecule has 3 rings (SSSR count). The zero-order valence-electron chi connectivity index (χ0n) is 17.2. The maximum absolute atomic E-state index is 12.7. The van der Waals surface area contributed by atoms with Gasteiger partial charge in [0.25, 0.3) is 11.8 Å². The minimum Gasteiger partial charge on any atom is -0.388 e. The summed E-state index contributed by atoms with van der Waals surface area (Å²) in [4.78, 5) is 24.9. The number of fused-ring (bicyclic) bond motifs is 1. The smallest absolute Gasteiger partial charge is 0.253 e. The third-order valence-corrected chi connectivity index (χ3v) is 4.92. The molecule has 3 aromatic rings. The molecular weight excluding hydrogens is 382 g/mol. The van der Waals surface area contributed by atoms with Crippen molar-refractivity contribution < 1.29 is 19.4 Å². The number of hydrogen-bond donors (Lipinski definition) is 3. The number of para-hydroxylation sites is 1. The molecule has 0 saturated heterocycles. The second kappa shape index (κ2) is 10.0. The normalized spacial score (nSPS) is 13.0. The maximum Gasteiger partial charge on any atom is 0.253 e. The summed E-state index contributed by atoms with van der Waals surface area (Å²) in [6.45, 7) is 2.33. The maximum atomic E-state index is 12.7. The van der Waals surface area contributed by atoms with Crippen molar-refractivity contribution in [3.63, 3.8) is 0 Å². The molecule has 0 aliphatic heterocycles. The van der Waals surface area contributed by atoms with Gasteiger partial charge in [-0.25, -0.2) is 0 Å². The highest BCUT2D eigenvalue weighted by atomic mass is 16.5. The number of benzene rings is 2. The number of amides is 2. The molecule has 30 heavy (non-hydrogen) atoms. The van der Waals surface area contributed by atoms with E-state index in [1.54, 1.807) is 30.5 Å². The van der Waals surface area contributed by atoms with Gasteiger partial charge in [-0.05, 0) is 25.1 Å². The van der Waals surface area contributed by atoms with Crippen LogP contribution in [0, 0.1) is 0 Å². The molecule has 0 unspecified atom stereocenters. The van der Waals surface area contributed by atoms with E-state index in [9.17, 15) is 14.7 Å². The largest absolute Gasteiger partial charge is 0.388 e. The number of aliphatic hydroxyl groups is 1. The van der Waals surface area contributed by atoms with Gasteiger partial charge in [0, 0.05) is 49.4 Å². The van der Waals surface area contributed by atoms with Gasteiger partial charge in [0.1, 0.15) is 6.10 Å². The van der Waals surface area contributed by atoms with Crippen molar-refractivity contribution in [1.82, 2.24) is 15.2 Å². The fourth-order valence-corrected chi connectivity index (χ4v) is 3.35. The molecule has 0 saturated carbocycles. The van der Waals surface area contributed by atoms with E-state index in [0.717, 1.165) is 10.9 Å². The summed E-state index contributed by atoms with van der Waals surface area (Å²) in [6.07, 6.45) is 0.169. The van der Waals surface area contributed by atoms with Crippen molar-refractivity contribution in [3.8, 4) is 0 Å². The summed E-state index contributed by atoms with van der Waals surface area (Å²) < 4.78 is 7.50. The van der Waals surface area contributed by atoms with Crippen molar-refractivity contribution in [3.05, 3.63) is 71.9 Å². The van der Waals surface area contributed by atoms with E-state index in [0.29, 0.717) is 17.7 Å². The average Bonchev–Trinajstić information content (AvgIpc) is 3.12. The molecule has 2 aromatic carbocycles. The minimum atomic E-state index is -0.967. The van der Waals surface area contributed by atoms with Gasteiger partial charge >= 0.3 is 0 Å². The van der Waals surface area contributed by atoms with Crippen LogP contribution in [0.4, 0.5) is 0 Å². The highest BCUT2D eigenvalue weighted by Gasteiger charge is 2.22. The molecule has 2 atom stereocenters. The SMILES string of the molecule is CCO[C@H](CNC(=O)c1cn(C)c2ccccc12)[C@@H](O)CNC(=O)c1ccccc1. The Morgan fingerprint density at radius 1 is 1.00 bits per heavy atom. The number of nitrogens with one attached hydrogen (secondary N) is 2. The number of aryl methyl sites for hydroxylation is 1. The third-order valence-electron chi connectivity index (χ3n) is 4.92. The summed E-state index contributed by atoms with van der Waals surface area (Å²) >= 11 is 0. The van der Waals surface area contributed by atoms with Gasteiger partial charge in [0.05, 0.1) is 11.7 Å². The Kier molecular flexibility index (Phi) is 7.21. The predicted molar refractivity (Wildman–Crippen MR) is 115 cm³/mol. The first-order chi connectivity index (χ1) is 14.5. The van der Waals surface area contributed by atoms with Crippen LogP contribution >= 0.6 is 0 Å². The molecule has 0 spiro atoms. The van der Waals surface area contributed by atoms with E-state index < -0.39 is 12.2 Å². The van der Waals surface area contributed by atoms with E-state index in [2.05, 4.69) is 10.6 Å². The van der Waals surface area contributed by atoms with Crippen LogP contribution in [0.5, 0.6) is 0 Å². The molecule has 1 heterocycles. The Balaban J connectivity index is 1.59.